The van der Waals surface area contributed by atoms with E-state index in [2.05, 4.69) is 19.9 Å². The van der Waals surface area contributed by atoms with Crippen molar-refractivity contribution in [2.75, 3.05) is 19.0 Å². The zero-order valence-corrected chi connectivity index (χ0v) is 16.3. The fourth-order valence-corrected chi connectivity index (χ4v) is 3.72. The maximum absolute atomic E-state index is 13.9. The highest BCUT2D eigenvalue weighted by atomic mass is 19.1. The Morgan fingerprint density at radius 3 is 3.00 bits per heavy atom. The summed E-state index contributed by atoms with van der Waals surface area (Å²) in [6.07, 6.45) is 3.60. The Bertz CT molecular complexity index is 1340. The first-order valence-electron chi connectivity index (χ1n) is 9.42. The number of nitrogens with zero attached hydrogens (tertiary/aromatic N) is 4. The van der Waals surface area contributed by atoms with Gasteiger partial charge in [-0.1, -0.05) is 12.1 Å². The first kappa shape index (κ1) is 18.8. The zero-order chi connectivity index (χ0) is 21.5. The van der Waals surface area contributed by atoms with Gasteiger partial charge in [0.15, 0.2) is 0 Å². The molecule has 2 aromatic heterocycles. The summed E-state index contributed by atoms with van der Waals surface area (Å²) in [4.78, 5) is 19.1. The van der Waals surface area contributed by atoms with E-state index in [1.54, 1.807) is 12.3 Å². The van der Waals surface area contributed by atoms with Crippen LogP contribution in [0.25, 0.3) is 22.2 Å². The van der Waals surface area contributed by atoms with Gasteiger partial charge in [0, 0.05) is 35.5 Å². The van der Waals surface area contributed by atoms with Crippen molar-refractivity contribution < 1.29 is 18.8 Å². The summed E-state index contributed by atoms with van der Waals surface area (Å²) in [5, 5.41) is 15.0. The highest BCUT2D eigenvalue weighted by molar-refractivity contribution is 5.98. The average molecular weight is 421 g/mol. The SMILES string of the molecule is COc1cc(F)c([N+](=O)[O-])cc1Nc1nccc(-c2cn3c4c(cccc24)OCC3)n1. The van der Waals surface area contributed by atoms with Crippen molar-refractivity contribution in [2.24, 2.45) is 0 Å². The Morgan fingerprint density at radius 2 is 2.19 bits per heavy atom. The zero-order valence-electron chi connectivity index (χ0n) is 16.3. The highest BCUT2D eigenvalue weighted by Gasteiger charge is 2.21. The van der Waals surface area contributed by atoms with Crippen LogP contribution in [0.15, 0.2) is 48.8 Å². The number of anilines is 2. The number of aromatic nitrogens is 3. The van der Waals surface area contributed by atoms with Crippen LogP contribution in [0.2, 0.25) is 0 Å². The van der Waals surface area contributed by atoms with E-state index >= 15 is 0 Å². The van der Waals surface area contributed by atoms with Crippen molar-refractivity contribution in [1.82, 2.24) is 14.5 Å². The van der Waals surface area contributed by atoms with Gasteiger partial charge in [-0.05, 0) is 12.1 Å². The quantitative estimate of drug-likeness (QED) is 0.379. The second-order valence-electron chi connectivity index (χ2n) is 6.89. The van der Waals surface area contributed by atoms with Gasteiger partial charge >= 0.3 is 5.69 Å². The van der Waals surface area contributed by atoms with Gasteiger partial charge in [0.25, 0.3) is 0 Å². The van der Waals surface area contributed by atoms with Gasteiger partial charge in [-0.3, -0.25) is 10.1 Å². The lowest BCUT2D eigenvalue weighted by molar-refractivity contribution is -0.387. The van der Waals surface area contributed by atoms with Gasteiger partial charge < -0.3 is 19.4 Å². The summed E-state index contributed by atoms with van der Waals surface area (Å²) >= 11 is 0. The molecular formula is C21H16FN5O4. The molecule has 2 aromatic carbocycles. The summed E-state index contributed by atoms with van der Waals surface area (Å²) in [7, 11) is 1.35. The van der Waals surface area contributed by atoms with Gasteiger partial charge in [-0.25, -0.2) is 9.97 Å². The van der Waals surface area contributed by atoms with E-state index in [9.17, 15) is 14.5 Å². The van der Waals surface area contributed by atoms with Crippen LogP contribution in [0.4, 0.5) is 21.7 Å². The second kappa shape index (κ2) is 7.24. The molecule has 0 radical (unpaired) electrons. The second-order valence-corrected chi connectivity index (χ2v) is 6.89. The lowest BCUT2D eigenvalue weighted by atomic mass is 10.1. The third-order valence-corrected chi connectivity index (χ3v) is 5.09. The van der Waals surface area contributed by atoms with Crippen LogP contribution in [0.3, 0.4) is 0 Å². The maximum Gasteiger partial charge on any atom is 0.307 e. The number of benzene rings is 2. The Morgan fingerprint density at radius 1 is 1.32 bits per heavy atom. The lowest BCUT2D eigenvalue weighted by Crippen LogP contribution is -2.12. The van der Waals surface area contributed by atoms with Crippen molar-refractivity contribution in [3.05, 3.63) is 64.7 Å². The van der Waals surface area contributed by atoms with Crippen LogP contribution in [0.5, 0.6) is 11.5 Å². The van der Waals surface area contributed by atoms with E-state index < -0.39 is 16.4 Å². The van der Waals surface area contributed by atoms with Crippen molar-refractivity contribution >= 4 is 28.2 Å². The molecule has 0 atom stereocenters. The van der Waals surface area contributed by atoms with Gasteiger partial charge in [0.1, 0.15) is 18.1 Å². The van der Waals surface area contributed by atoms with Crippen molar-refractivity contribution in [1.29, 1.82) is 0 Å². The topological polar surface area (TPSA) is 104 Å². The van der Waals surface area contributed by atoms with Crippen LogP contribution >= 0.6 is 0 Å². The Hall–Kier alpha value is -4.21. The molecule has 0 amide bonds. The Labute approximate surface area is 175 Å². The van der Waals surface area contributed by atoms with Crippen molar-refractivity contribution in [3.63, 3.8) is 0 Å². The lowest BCUT2D eigenvalue weighted by Gasteiger charge is -2.16. The van der Waals surface area contributed by atoms with E-state index in [-0.39, 0.29) is 17.4 Å². The first-order chi connectivity index (χ1) is 15.0. The van der Waals surface area contributed by atoms with Crippen molar-refractivity contribution in [2.45, 2.75) is 6.54 Å². The molecule has 156 valence electrons. The number of rotatable bonds is 5. The molecule has 1 aliphatic heterocycles. The average Bonchev–Trinajstić information content (AvgIpc) is 3.15. The van der Waals surface area contributed by atoms with Crippen LogP contribution < -0.4 is 14.8 Å². The fourth-order valence-electron chi connectivity index (χ4n) is 3.72. The van der Waals surface area contributed by atoms with E-state index in [0.717, 1.165) is 40.9 Å². The molecule has 1 aliphatic rings. The molecule has 0 bridgehead atoms. The Kier molecular flexibility index (Phi) is 4.39. The summed E-state index contributed by atoms with van der Waals surface area (Å²) < 4.78 is 26.9. The van der Waals surface area contributed by atoms with Crippen LogP contribution in [-0.4, -0.2) is 33.2 Å². The number of methoxy groups -OCH3 is 1. The maximum atomic E-state index is 13.9. The minimum atomic E-state index is -0.988. The number of nitro benzene ring substituents is 1. The number of hydrogen-bond acceptors (Lipinski definition) is 7. The molecule has 1 N–H and O–H groups in total. The van der Waals surface area contributed by atoms with Gasteiger partial charge in [-0.15, -0.1) is 0 Å². The highest BCUT2D eigenvalue weighted by Crippen LogP contribution is 2.37. The standard InChI is InChI=1S/C21H16FN5O4/c1-30-19-9-14(22)17(27(28)29)10-16(19)25-21-23-6-5-15(24-21)13-11-26-7-8-31-18-4-2-3-12(13)20(18)26/h2-6,9-11H,7-8H2,1H3,(H,23,24,25). The Balaban J connectivity index is 1.56. The molecule has 0 saturated heterocycles. The molecule has 9 nitrogen and oxygen atoms in total. The predicted octanol–water partition coefficient (Wildman–Crippen LogP) is 4.29. The number of ether oxygens (including phenoxy) is 2. The first-order valence-corrected chi connectivity index (χ1v) is 9.42. The predicted molar refractivity (Wildman–Crippen MR) is 111 cm³/mol. The van der Waals surface area contributed by atoms with E-state index in [4.69, 9.17) is 9.47 Å². The molecule has 5 rings (SSSR count). The van der Waals surface area contributed by atoms with Gasteiger partial charge in [-0.2, -0.15) is 4.39 Å². The smallest absolute Gasteiger partial charge is 0.307 e. The van der Waals surface area contributed by atoms with Crippen LogP contribution in [0, 0.1) is 15.9 Å². The molecule has 0 aliphatic carbocycles. The summed E-state index contributed by atoms with van der Waals surface area (Å²) in [5.74, 6) is 0.130. The monoisotopic (exact) mass is 421 g/mol. The number of hydrogen-bond donors (Lipinski definition) is 1. The largest absolute Gasteiger partial charge is 0.494 e. The summed E-state index contributed by atoms with van der Waals surface area (Å²) in [6.45, 7) is 1.33. The minimum absolute atomic E-state index is 0.0985. The van der Waals surface area contributed by atoms with Crippen LogP contribution in [0.1, 0.15) is 0 Å². The van der Waals surface area contributed by atoms with Gasteiger partial charge in [0.2, 0.25) is 11.8 Å². The number of nitrogens with one attached hydrogen (secondary N) is 1. The molecule has 10 heteroatoms. The summed E-state index contributed by atoms with van der Waals surface area (Å²) in [5.41, 5.74) is 2.09. The van der Waals surface area contributed by atoms with E-state index in [0.29, 0.717) is 12.3 Å². The molecule has 4 aromatic rings. The number of para-hydroxylation sites is 1. The molecule has 3 heterocycles. The molecule has 0 fully saturated rings. The van der Waals surface area contributed by atoms with E-state index in [1.165, 1.54) is 7.11 Å². The molecular weight excluding hydrogens is 405 g/mol. The van der Waals surface area contributed by atoms with Gasteiger partial charge in [0.05, 0.1) is 35.5 Å². The molecule has 0 saturated carbocycles. The molecule has 0 unspecified atom stereocenters. The third kappa shape index (κ3) is 3.18. The number of nitro groups is 1. The fraction of sp³-hybridized carbons (Fsp3) is 0.143. The summed E-state index contributed by atoms with van der Waals surface area (Å²) in [6, 6.07) is 9.65. The van der Waals surface area contributed by atoms with E-state index in [1.807, 2.05) is 24.4 Å². The van der Waals surface area contributed by atoms with Crippen LogP contribution in [-0.2, 0) is 6.54 Å². The number of halogens is 1. The third-order valence-electron chi connectivity index (χ3n) is 5.09. The normalized spacial score (nSPS) is 12.5. The molecule has 31 heavy (non-hydrogen) atoms. The minimum Gasteiger partial charge on any atom is -0.494 e. The van der Waals surface area contributed by atoms with Crippen molar-refractivity contribution in [3.8, 4) is 22.8 Å². The molecule has 0 spiro atoms.